The van der Waals surface area contributed by atoms with Crippen LogP contribution in [0.25, 0.3) is 0 Å². The van der Waals surface area contributed by atoms with Crippen molar-refractivity contribution in [2.24, 2.45) is 5.92 Å². The van der Waals surface area contributed by atoms with E-state index in [0.717, 1.165) is 24.8 Å². The van der Waals surface area contributed by atoms with Crippen molar-refractivity contribution in [3.63, 3.8) is 0 Å². The van der Waals surface area contributed by atoms with E-state index in [9.17, 15) is 18.0 Å². The molecule has 1 atom stereocenters. The molecule has 1 heterocycles. The van der Waals surface area contributed by atoms with Gasteiger partial charge in [0.25, 0.3) is 5.91 Å². The number of sulfonamides is 1. The number of carbonyl (C=O) groups is 2. The van der Waals surface area contributed by atoms with Crippen LogP contribution in [0.3, 0.4) is 0 Å². The molecule has 0 spiro atoms. The molecule has 3 rings (SSSR count). The number of hydrogen-bond donors (Lipinski definition) is 1. The summed E-state index contributed by atoms with van der Waals surface area (Å²) in [6.07, 6.45) is 2.41. The van der Waals surface area contributed by atoms with Crippen molar-refractivity contribution in [3.8, 4) is 0 Å². The zero-order valence-electron chi connectivity index (χ0n) is 18.5. The summed E-state index contributed by atoms with van der Waals surface area (Å²) in [6, 6.07) is 15.2. The third-order valence-corrected chi connectivity index (χ3v) is 7.25. The summed E-state index contributed by atoms with van der Waals surface area (Å²) in [6.45, 7) is 4.67. The number of ether oxygens (including phenoxy) is 1. The minimum atomic E-state index is -3.64. The molecule has 1 N–H and O–H groups in total. The predicted octanol–water partition coefficient (Wildman–Crippen LogP) is 3.53. The standard InChI is InChI=1S/C24H30N2O5S/c1-18(2)15-22(19-9-4-3-5-10-19)25-23(27)17-31-24(28)20-11-8-12-21(16-20)32(29,30)26-13-6-7-14-26/h3-5,8-12,16,18,22H,6-7,13-15,17H2,1-2H3,(H,25,27). The van der Waals surface area contributed by atoms with Crippen LogP contribution in [0.1, 0.15) is 55.1 Å². The van der Waals surface area contributed by atoms with E-state index in [1.807, 2.05) is 30.3 Å². The zero-order valence-corrected chi connectivity index (χ0v) is 19.3. The molecule has 32 heavy (non-hydrogen) atoms. The van der Waals surface area contributed by atoms with Gasteiger partial charge in [0.1, 0.15) is 0 Å². The molecule has 2 aromatic carbocycles. The number of carbonyl (C=O) groups excluding carboxylic acids is 2. The molecular weight excluding hydrogens is 428 g/mol. The molecule has 1 amide bonds. The van der Waals surface area contributed by atoms with Crippen LogP contribution >= 0.6 is 0 Å². The first kappa shape index (κ1) is 23.9. The van der Waals surface area contributed by atoms with Crippen LogP contribution in [0.4, 0.5) is 0 Å². The molecule has 1 unspecified atom stereocenters. The number of rotatable bonds is 9. The number of nitrogens with one attached hydrogen (secondary N) is 1. The lowest BCUT2D eigenvalue weighted by Gasteiger charge is -2.21. The van der Waals surface area contributed by atoms with E-state index in [1.165, 1.54) is 28.6 Å². The lowest BCUT2D eigenvalue weighted by molar-refractivity contribution is -0.125. The Labute approximate surface area is 189 Å². The van der Waals surface area contributed by atoms with Crippen molar-refractivity contribution in [1.82, 2.24) is 9.62 Å². The molecule has 172 valence electrons. The number of hydrogen-bond acceptors (Lipinski definition) is 5. The van der Waals surface area contributed by atoms with E-state index in [0.29, 0.717) is 19.0 Å². The van der Waals surface area contributed by atoms with Gasteiger partial charge in [-0.2, -0.15) is 4.31 Å². The Morgan fingerprint density at radius 2 is 1.72 bits per heavy atom. The highest BCUT2D eigenvalue weighted by Gasteiger charge is 2.28. The maximum absolute atomic E-state index is 12.7. The summed E-state index contributed by atoms with van der Waals surface area (Å²) in [5, 5.41) is 2.93. The second-order valence-electron chi connectivity index (χ2n) is 8.38. The minimum Gasteiger partial charge on any atom is -0.452 e. The second kappa shape index (κ2) is 10.7. The maximum atomic E-state index is 12.7. The molecule has 1 aliphatic heterocycles. The molecule has 7 nitrogen and oxygen atoms in total. The van der Waals surface area contributed by atoms with Gasteiger partial charge < -0.3 is 10.1 Å². The summed E-state index contributed by atoms with van der Waals surface area (Å²) >= 11 is 0. The Kier molecular flexibility index (Phi) is 8.04. The van der Waals surface area contributed by atoms with E-state index >= 15 is 0 Å². The van der Waals surface area contributed by atoms with Crippen LogP contribution in [-0.4, -0.2) is 44.3 Å². The Bertz CT molecular complexity index is 1030. The third-order valence-electron chi connectivity index (χ3n) is 5.35. The van der Waals surface area contributed by atoms with Crippen molar-refractivity contribution in [1.29, 1.82) is 0 Å². The quantitative estimate of drug-likeness (QED) is 0.581. The first-order valence-corrected chi connectivity index (χ1v) is 12.3. The molecule has 0 aliphatic carbocycles. The fourth-order valence-corrected chi connectivity index (χ4v) is 5.31. The number of esters is 1. The lowest BCUT2D eigenvalue weighted by atomic mass is 9.97. The smallest absolute Gasteiger partial charge is 0.338 e. The summed E-state index contributed by atoms with van der Waals surface area (Å²) in [7, 11) is -3.64. The average molecular weight is 459 g/mol. The molecule has 0 radical (unpaired) electrons. The molecule has 0 saturated carbocycles. The molecule has 8 heteroatoms. The fourth-order valence-electron chi connectivity index (χ4n) is 3.75. The third kappa shape index (κ3) is 6.17. The second-order valence-corrected chi connectivity index (χ2v) is 10.3. The van der Waals surface area contributed by atoms with Crippen molar-refractivity contribution < 1.29 is 22.7 Å². The molecule has 0 aromatic heterocycles. The Balaban J connectivity index is 1.62. The van der Waals surface area contributed by atoms with Gasteiger partial charge in [-0.3, -0.25) is 4.79 Å². The molecule has 0 bridgehead atoms. The Hall–Kier alpha value is -2.71. The zero-order chi connectivity index (χ0) is 23.1. The van der Waals surface area contributed by atoms with Crippen LogP contribution in [0.15, 0.2) is 59.5 Å². The van der Waals surface area contributed by atoms with Gasteiger partial charge in [-0.05, 0) is 48.9 Å². The normalized spacial score (nSPS) is 15.5. The molecule has 2 aromatic rings. The van der Waals surface area contributed by atoms with Gasteiger partial charge in [-0.25, -0.2) is 13.2 Å². The maximum Gasteiger partial charge on any atom is 0.338 e. The number of amides is 1. The fraction of sp³-hybridized carbons (Fsp3) is 0.417. The monoisotopic (exact) mass is 458 g/mol. The summed E-state index contributed by atoms with van der Waals surface area (Å²) in [5.74, 6) is -0.782. The Morgan fingerprint density at radius 1 is 1.03 bits per heavy atom. The highest BCUT2D eigenvalue weighted by molar-refractivity contribution is 7.89. The number of nitrogens with zero attached hydrogens (tertiary/aromatic N) is 1. The van der Waals surface area contributed by atoms with Gasteiger partial charge in [-0.1, -0.05) is 50.2 Å². The van der Waals surface area contributed by atoms with E-state index in [2.05, 4.69) is 19.2 Å². The largest absolute Gasteiger partial charge is 0.452 e. The predicted molar refractivity (Wildman–Crippen MR) is 121 cm³/mol. The number of benzene rings is 2. The molecule has 1 aliphatic rings. The molecular formula is C24H30N2O5S. The first-order chi connectivity index (χ1) is 15.3. The van der Waals surface area contributed by atoms with Gasteiger partial charge in [0.2, 0.25) is 10.0 Å². The van der Waals surface area contributed by atoms with Crippen LogP contribution in [0.2, 0.25) is 0 Å². The average Bonchev–Trinajstić information content (AvgIpc) is 3.33. The van der Waals surface area contributed by atoms with Gasteiger partial charge in [0.05, 0.1) is 16.5 Å². The minimum absolute atomic E-state index is 0.0550. The Morgan fingerprint density at radius 3 is 2.38 bits per heavy atom. The van der Waals surface area contributed by atoms with Gasteiger partial charge in [-0.15, -0.1) is 0 Å². The van der Waals surface area contributed by atoms with Crippen LogP contribution in [-0.2, 0) is 19.6 Å². The molecule has 1 fully saturated rings. The highest BCUT2D eigenvalue weighted by atomic mass is 32.2. The van der Waals surface area contributed by atoms with Crippen molar-refractivity contribution in [2.45, 2.75) is 44.0 Å². The van der Waals surface area contributed by atoms with Crippen LogP contribution < -0.4 is 5.32 Å². The van der Waals surface area contributed by atoms with E-state index < -0.39 is 28.5 Å². The van der Waals surface area contributed by atoms with E-state index in [4.69, 9.17) is 4.74 Å². The summed E-state index contributed by atoms with van der Waals surface area (Å²) in [5.41, 5.74) is 1.08. The highest BCUT2D eigenvalue weighted by Crippen LogP contribution is 2.22. The lowest BCUT2D eigenvalue weighted by Crippen LogP contribution is -2.33. The summed E-state index contributed by atoms with van der Waals surface area (Å²) < 4.78 is 32.0. The van der Waals surface area contributed by atoms with Crippen molar-refractivity contribution in [2.75, 3.05) is 19.7 Å². The van der Waals surface area contributed by atoms with Crippen molar-refractivity contribution in [3.05, 3.63) is 65.7 Å². The van der Waals surface area contributed by atoms with E-state index in [-0.39, 0.29) is 16.5 Å². The molecule has 1 saturated heterocycles. The van der Waals surface area contributed by atoms with Gasteiger partial charge in [0, 0.05) is 13.1 Å². The first-order valence-electron chi connectivity index (χ1n) is 10.9. The topological polar surface area (TPSA) is 92.8 Å². The van der Waals surface area contributed by atoms with Gasteiger partial charge >= 0.3 is 5.97 Å². The van der Waals surface area contributed by atoms with Crippen LogP contribution in [0, 0.1) is 5.92 Å². The summed E-state index contributed by atoms with van der Waals surface area (Å²) in [4.78, 5) is 25.0. The van der Waals surface area contributed by atoms with Crippen LogP contribution in [0.5, 0.6) is 0 Å². The van der Waals surface area contributed by atoms with Crippen molar-refractivity contribution >= 4 is 21.9 Å². The van der Waals surface area contributed by atoms with Gasteiger partial charge in [0.15, 0.2) is 6.61 Å². The SMILES string of the molecule is CC(C)CC(NC(=O)COC(=O)c1cccc(S(=O)(=O)N2CCCC2)c1)c1ccccc1. The van der Waals surface area contributed by atoms with E-state index in [1.54, 1.807) is 0 Å².